The molecule has 0 aromatic rings. The average molecular weight is 266 g/mol. The lowest BCUT2D eigenvalue weighted by Gasteiger charge is -2.42. The van der Waals surface area contributed by atoms with Gasteiger partial charge in [-0.1, -0.05) is 36.3 Å². The van der Waals surface area contributed by atoms with Crippen molar-refractivity contribution in [3.63, 3.8) is 0 Å². The first-order valence-corrected chi connectivity index (χ1v) is 7.96. The Bertz CT molecular complexity index is 361. The number of hydrogen-bond acceptors (Lipinski definition) is 4. The van der Waals surface area contributed by atoms with Crippen molar-refractivity contribution >= 4 is 11.9 Å². The number of aliphatic hydroxyl groups excluding tert-OH is 1. The molecule has 1 N–H and O–H groups in total. The van der Waals surface area contributed by atoms with Gasteiger partial charge in [-0.2, -0.15) is 0 Å². The molecule has 2 unspecified atom stereocenters. The van der Waals surface area contributed by atoms with Gasteiger partial charge < -0.3 is 5.11 Å². The second-order valence-electron chi connectivity index (χ2n) is 5.67. The second kappa shape index (κ2) is 5.00. The van der Waals surface area contributed by atoms with Crippen molar-refractivity contribution in [1.29, 1.82) is 0 Å². The molecule has 0 aromatic heterocycles. The van der Waals surface area contributed by atoms with Gasteiger partial charge in [0.1, 0.15) is 0 Å². The molecule has 0 amide bonds. The van der Waals surface area contributed by atoms with Crippen molar-refractivity contribution in [3.8, 4) is 0 Å². The van der Waals surface area contributed by atoms with Crippen LogP contribution in [0.1, 0.15) is 12.8 Å². The summed E-state index contributed by atoms with van der Waals surface area (Å²) >= 11 is 1.88. The van der Waals surface area contributed by atoms with Gasteiger partial charge in [-0.15, -0.1) is 0 Å². The Kier molecular flexibility index (Phi) is 3.54. The van der Waals surface area contributed by atoms with Gasteiger partial charge in [0.2, 0.25) is 0 Å². The molecule has 100 valence electrons. The Labute approximate surface area is 114 Å². The SMILES string of the molecule is CSN1CC2(CCN(CO)CC2)C2C=CC=CC21. The molecule has 0 aromatic carbocycles. The van der Waals surface area contributed by atoms with Crippen LogP contribution >= 0.6 is 11.9 Å². The molecule has 2 saturated heterocycles. The van der Waals surface area contributed by atoms with Crippen LogP contribution in [-0.4, -0.2) is 53.0 Å². The number of likely N-dealkylation sites (tertiary alicyclic amines) is 1. The molecule has 0 radical (unpaired) electrons. The summed E-state index contributed by atoms with van der Waals surface area (Å²) in [7, 11) is 0. The minimum Gasteiger partial charge on any atom is -0.381 e. The van der Waals surface area contributed by atoms with Crippen LogP contribution in [0.5, 0.6) is 0 Å². The first kappa shape index (κ1) is 12.7. The third-order valence-corrected chi connectivity index (χ3v) is 5.74. The molecule has 2 fully saturated rings. The highest BCUT2D eigenvalue weighted by atomic mass is 32.2. The smallest absolute Gasteiger partial charge is 0.0956 e. The second-order valence-corrected chi connectivity index (χ2v) is 6.50. The fourth-order valence-corrected chi connectivity index (χ4v) is 4.61. The topological polar surface area (TPSA) is 26.7 Å². The predicted molar refractivity (Wildman–Crippen MR) is 76.1 cm³/mol. The summed E-state index contributed by atoms with van der Waals surface area (Å²) in [5.41, 5.74) is 0.431. The fourth-order valence-electron chi connectivity index (χ4n) is 3.78. The number of aliphatic hydroxyl groups is 1. The fraction of sp³-hybridized carbons (Fsp3) is 0.714. The van der Waals surface area contributed by atoms with Crippen LogP contribution in [0.3, 0.4) is 0 Å². The third-order valence-electron chi connectivity index (χ3n) is 4.90. The monoisotopic (exact) mass is 266 g/mol. The van der Waals surface area contributed by atoms with E-state index >= 15 is 0 Å². The number of hydrogen-bond donors (Lipinski definition) is 1. The van der Waals surface area contributed by atoms with Crippen LogP contribution in [0.25, 0.3) is 0 Å². The molecule has 3 aliphatic rings. The summed E-state index contributed by atoms with van der Waals surface area (Å²) in [6, 6.07) is 0.575. The number of fused-ring (bicyclic) bond motifs is 2. The van der Waals surface area contributed by atoms with E-state index in [4.69, 9.17) is 0 Å². The van der Waals surface area contributed by atoms with Gasteiger partial charge in [0.25, 0.3) is 0 Å². The van der Waals surface area contributed by atoms with Crippen LogP contribution in [0.2, 0.25) is 0 Å². The Hall–Kier alpha value is -0.290. The Morgan fingerprint density at radius 1 is 1.28 bits per heavy atom. The molecule has 1 aliphatic carbocycles. The highest BCUT2D eigenvalue weighted by Gasteiger charge is 2.51. The Morgan fingerprint density at radius 2 is 2.00 bits per heavy atom. The molecular formula is C14H22N2OS. The number of nitrogens with zero attached hydrogens (tertiary/aromatic N) is 2. The van der Waals surface area contributed by atoms with Gasteiger partial charge in [0.05, 0.1) is 6.73 Å². The first-order valence-electron chi connectivity index (χ1n) is 6.78. The molecule has 2 aliphatic heterocycles. The number of allylic oxidation sites excluding steroid dienone is 2. The third kappa shape index (κ3) is 1.95. The van der Waals surface area contributed by atoms with Crippen LogP contribution in [0.4, 0.5) is 0 Å². The van der Waals surface area contributed by atoms with E-state index < -0.39 is 0 Å². The quantitative estimate of drug-likeness (QED) is 0.770. The van der Waals surface area contributed by atoms with Gasteiger partial charge in [-0.25, -0.2) is 4.31 Å². The average Bonchev–Trinajstić information content (AvgIpc) is 2.75. The van der Waals surface area contributed by atoms with Crippen LogP contribution in [0.15, 0.2) is 24.3 Å². The van der Waals surface area contributed by atoms with Crippen molar-refractivity contribution in [2.24, 2.45) is 11.3 Å². The largest absolute Gasteiger partial charge is 0.381 e. The minimum atomic E-state index is 0.214. The normalized spacial score (nSPS) is 35.2. The molecule has 18 heavy (non-hydrogen) atoms. The Balaban J connectivity index is 1.80. The van der Waals surface area contributed by atoms with E-state index in [1.807, 2.05) is 11.9 Å². The van der Waals surface area contributed by atoms with Gasteiger partial charge in [-0.05, 0) is 24.5 Å². The molecule has 1 spiro atoms. The lowest BCUT2D eigenvalue weighted by molar-refractivity contribution is 0.0327. The molecule has 4 heteroatoms. The van der Waals surface area contributed by atoms with Gasteiger partial charge in [0.15, 0.2) is 0 Å². The standard InChI is InChI=1S/C14H22N2OS/c1-18-16-10-14(6-8-15(11-17)9-7-14)12-4-2-3-5-13(12)16/h2-5,12-13,17H,6-11H2,1H3. The Morgan fingerprint density at radius 3 is 2.67 bits per heavy atom. The molecule has 3 nitrogen and oxygen atoms in total. The van der Waals surface area contributed by atoms with Crippen LogP contribution in [-0.2, 0) is 0 Å². The van der Waals surface area contributed by atoms with E-state index in [-0.39, 0.29) is 6.73 Å². The zero-order chi connectivity index (χ0) is 12.6. The summed E-state index contributed by atoms with van der Waals surface area (Å²) < 4.78 is 2.54. The summed E-state index contributed by atoms with van der Waals surface area (Å²) in [5.74, 6) is 0.663. The maximum absolute atomic E-state index is 9.24. The van der Waals surface area contributed by atoms with Crippen molar-refractivity contribution < 1.29 is 5.11 Å². The highest BCUT2D eigenvalue weighted by molar-refractivity contribution is 7.96. The van der Waals surface area contributed by atoms with E-state index in [9.17, 15) is 5.11 Å². The molecule has 2 heterocycles. The van der Waals surface area contributed by atoms with E-state index in [1.165, 1.54) is 19.4 Å². The molecule has 3 rings (SSSR count). The lowest BCUT2D eigenvalue weighted by Crippen LogP contribution is -2.44. The van der Waals surface area contributed by atoms with E-state index in [2.05, 4.69) is 39.8 Å². The summed E-state index contributed by atoms with van der Waals surface area (Å²) in [4.78, 5) is 2.16. The molecule has 2 atom stereocenters. The van der Waals surface area contributed by atoms with E-state index in [1.54, 1.807) is 0 Å². The van der Waals surface area contributed by atoms with Crippen molar-refractivity contribution in [2.45, 2.75) is 18.9 Å². The van der Waals surface area contributed by atoms with E-state index in [0.717, 1.165) is 13.1 Å². The molecular weight excluding hydrogens is 244 g/mol. The molecule has 0 saturated carbocycles. The van der Waals surface area contributed by atoms with Crippen molar-refractivity contribution in [1.82, 2.24) is 9.21 Å². The van der Waals surface area contributed by atoms with Crippen molar-refractivity contribution in [3.05, 3.63) is 24.3 Å². The maximum atomic E-state index is 9.24. The van der Waals surface area contributed by atoms with Crippen molar-refractivity contribution in [2.75, 3.05) is 32.6 Å². The molecule has 0 bridgehead atoms. The van der Waals surface area contributed by atoms with Crippen LogP contribution in [0, 0.1) is 11.3 Å². The summed E-state index contributed by atoms with van der Waals surface area (Å²) in [6.07, 6.45) is 13.8. The van der Waals surface area contributed by atoms with Crippen LogP contribution < -0.4 is 0 Å². The predicted octanol–water partition coefficient (Wildman–Crippen LogP) is 1.72. The van der Waals surface area contributed by atoms with Gasteiger partial charge >= 0.3 is 0 Å². The highest BCUT2D eigenvalue weighted by Crippen LogP contribution is 2.51. The van der Waals surface area contributed by atoms with Gasteiger partial charge in [0, 0.05) is 31.6 Å². The lowest BCUT2D eigenvalue weighted by atomic mass is 9.68. The maximum Gasteiger partial charge on any atom is 0.0956 e. The summed E-state index contributed by atoms with van der Waals surface area (Å²) in [5, 5.41) is 9.24. The minimum absolute atomic E-state index is 0.214. The van der Waals surface area contributed by atoms with Gasteiger partial charge in [-0.3, -0.25) is 4.90 Å². The summed E-state index contributed by atoms with van der Waals surface area (Å²) in [6.45, 7) is 3.49. The first-order chi connectivity index (χ1) is 8.79. The zero-order valence-corrected chi connectivity index (χ0v) is 11.8. The number of rotatable bonds is 2. The van der Waals surface area contributed by atoms with E-state index in [0.29, 0.717) is 17.4 Å². The zero-order valence-electron chi connectivity index (χ0n) is 11.0. The number of piperidine rings is 1.